The molecule has 0 aliphatic carbocycles. The van der Waals surface area contributed by atoms with Crippen LogP contribution in [-0.4, -0.2) is 21.0 Å². The summed E-state index contributed by atoms with van der Waals surface area (Å²) in [4.78, 5) is 23.0. The Hall–Kier alpha value is -2.63. The van der Waals surface area contributed by atoms with Crippen molar-refractivity contribution >= 4 is 11.7 Å². The predicted octanol–water partition coefficient (Wildman–Crippen LogP) is 1.50. The van der Waals surface area contributed by atoms with Crippen molar-refractivity contribution in [3.63, 3.8) is 0 Å². The summed E-state index contributed by atoms with van der Waals surface area (Å²) in [7, 11) is 0. The van der Waals surface area contributed by atoms with E-state index < -0.39 is 39.8 Å². The molecule has 0 fully saturated rings. The summed E-state index contributed by atoms with van der Waals surface area (Å²) in [5.74, 6) is -1.82. The number of hydrogen-bond donors (Lipinski definition) is 1. The van der Waals surface area contributed by atoms with Crippen LogP contribution in [-0.2, 0) is 0 Å². The Balaban J connectivity index is 3.73. The van der Waals surface area contributed by atoms with E-state index in [1.165, 1.54) is 6.07 Å². The molecule has 0 bridgehead atoms. The standard InChI is InChI=1S/C8H3F2N3O4/c9-7(10)4-3(1-11)2-12-5(8(14)15)6(4)13(16)17/h2,7H,(H,14,15). The number of carboxylic acids is 1. The molecular weight excluding hydrogens is 240 g/mol. The summed E-state index contributed by atoms with van der Waals surface area (Å²) in [5.41, 5.74) is -4.43. The molecule has 7 nitrogen and oxygen atoms in total. The van der Waals surface area contributed by atoms with Crippen LogP contribution in [0.5, 0.6) is 0 Å². The lowest BCUT2D eigenvalue weighted by Gasteiger charge is -2.05. The number of carbonyl (C=O) groups is 1. The van der Waals surface area contributed by atoms with Gasteiger partial charge in [-0.3, -0.25) is 10.1 Å². The molecule has 17 heavy (non-hydrogen) atoms. The summed E-state index contributed by atoms with van der Waals surface area (Å²) in [6, 6.07) is 1.30. The zero-order valence-corrected chi connectivity index (χ0v) is 7.92. The average Bonchev–Trinajstić information content (AvgIpc) is 2.26. The van der Waals surface area contributed by atoms with Gasteiger partial charge < -0.3 is 5.11 Å². The Labute approximate surface area is 92.1 Å². The second kappa shape index (κ2) is 4.48. The number of aromatic nitrogens is 1. The number of rotatable bonds is 3. The Morgan fingerprint density at radius 2 is 2.24 bits per heavy atom. The minimum Gasteiger partial charge on any atom is -0.476 e. The van der Waals surface area contributed by atoms with Crippen LogP contribution in [0.2, 0.25) is 0 Å². The zero-order valence-electron chi connectivity index (χ0n) is 7.92. The van der Waals surface area contributed by atoms with Crippen LogP contribution in [0.25, 0.3) is 0 Å². The minimum absolute atomic E-state index is 0.567. The van der Waals surface area contributed by atoms with E-state index in [1.807, 2.05) is 0 Å². The van der Waals surface area contributed by atoms with Crippen molar-refractivity contribution in [2.75, 3.05) is 0 Å². The van der Waals surface area contributed by atoms with E-state index in [0.29, 0.717) is 6.20 Å². The van der Waals surface area contributed by atoms with Gasteiger partial charge >= 0.3 is 11.7 Å². The van der Waals surface area contributed by atoms with Gasteiger partial charge in [-0.1, -0.05) is 0 Å². The van der Waals surface area contributed by atoms with Crippen molar-refractivity contribution in [1.29, 1.82) is 5.26 Å². The van der Waals surface area contributed by atoms with Crippen LogP contribution in [0.15, 0.2) is 6.20 Å². The van der Waals surface area contributed by atoms with Crippen molar-refractivity contribution in [2.45, 2.75) is 6.43 Å². The lowest BCUT2D eigenvalue weighted by atomic mass is 10.1. The largest absolute Gasteiger partial charge is 0.476 e. The highest BCUT2D eigenvalue weighted by Gasteiger charge is 2.33. The second-order valence-electron chi connectivity index (χ2n) is 2.76. The van der Waals surface area contributed by atoms with E-state index in [0.717, 1.165) is 0 Å². The van der Waals surface area contributed by atoms with Crippen molar-refractivity contribution in [1.82, 2.24) is 4.98 Å². The monoisotopic (exact) mass is 243 g/mol. The Morgan fingerprint density at radius 1 is 1.65 bits per heavy atom. The third-order valence-corrected chi connectivity index (χ3v) is 1.82. The maximum Gasteiger partial charge on any atom is 0.361 e. The maximum atomic E-state index is 12.6. The van der Waals surface area contributed by atoms with E-state index in [1.54, 1.807) is 0 Å². The van der Waals surface area contributed by atoms with E-state index in [2.05, 4.69) is 4.98 Å². The summed E-state index contributed by atoms with van der Waals surface area (Å²) in [6.07, 6.45) is -2.77. The van der Waals surface area contributed by atoms with Crippen LogP contribution in [0.3, 0.4) is 0 Å². The van der Waals surface area contributed by atoms with Gasteiger partial charge in [0, 0.05) is 6.20 Å². The number of nitrogens with zero attached hydrogens (tertiary/aromatic N) is 3. The molecule has 0 spiro atoms. The highest BCUT2D eigenvalue weighted by molar-refractivity contribution is 5.91. The summed E-state index contributed by atoms with van der Waals surface area (Å²) >= 11 is 0. The van der Waals surface area contributed by atoms with Crippen molar-refractivity contribution in [2.24, 2.45) is 0 Å². The molecule has 0 saturated carbocycles. The van der Waals surface area contributed by atoms with Gasteiger partial charge in [-0.2, -0.15) is 5.26 Å². The van der Waals surface area contributed by atoms with Gasteiger partial charge in [-0.15, -0.1) is 0 Å². The molecule has 9 heteroatoms. The normalized spacial score (nSPS) is 10.0. The molecule has 1 N–H and O–H groups in total. The molecule has 0 aliphatic rings. The Bertz CT molecular complexity index is 538. The molecule has 0 amide bonds. The Kier molecular flexibility index (Phi) is 3.28. The molecule has 0 saturated heterocycles. The van der Waals surface area contributed by atoms with E-state index in [4.69, 9.17) is 10.4 Å². The van der Waals surface area contributed by atoms with E-state index in [-0.39, 0.29) is 0 Å². The second-order valence-corrected chi connectivity index (χ2v) is 2.76. The van der Waals surface area contributed by atoms with E-state index >= 15 is 0 Å². The van der Waals surface area contributed by atoms with Gasteiger partial charge in [0.25, 0.3) is 6.43 Å². The Morgan fingerprint density at radius 3 is 2.59 bits per heavy atom. The number of alkyl halides is 2. The molecule has 1 rings (SSSR count). The highest BCUT2D eigenvalue weighted by Crippen LogP contribution is 2.33. The van der Waals surface area contributed by atoms with Gasteiger partial charge in [0.15, 0.2) is 0 Å². The van der Waals surface area contributed by atoms with Crippen molar-refractivity contribution < 1.29 is 23.6 Å². The zero-order chi connectivity index (χ0) is 13.2. The van der Waals surface area contributed by atoms with Crippen LogP contribution in [0, 0.1) is 21.4 Å². The third-order valence-electron chi connectivity index (χ3n) is 1.82. The SMILES string of the molecule is N#Cc1cnc(C(=O)O)c([N+](=O)[O-])c1C(F)F. The fraction of sp³-hybridized carbons (Fsp3) is 0.125. The van der Waals surface area contributed by atoms with Gasteiger partial charge in [0.1, 0.15) is 11.6 Å². The number of carboxylic acid groups (broad SMARTS) is 1. The molecule has 1 heterocycles. The fourth-order valence-electron chi connectivity index (χ4n) is 1.17. The lowest BCUT2D eigenvalue weighted by molar-refractivity contribution is -0.386. The van der Waals surface area contributed by atoms with E-state index in [9.17, 15) is 23.7 Å². The smallest absolute Gasteiger partial charge is 0.361 e. The molecule has 0 atom stereocenters. The van der Waals surface area contributed by atoms with Gasteiger partial charge in [0.05, 0.1) is 10.5 Å². The van der Waals surface area contributed by atoms with Gasteiger partial charge in [-0.25, -0.2) is 18.6 Å². The first-order chi connectivity index (χ1) is 7.90. The third kappa shape index (κ3) is 2.15. The first-order valence-corrected chi connectivity index (χ1v) is 3.99. The van der Waals surface area contributed by atoms with Crippen LogP contribution < -0.4 is 0 Å². The van der Waals surface area contributed by atoms with Gasteiger partial charge in [0.2, 0.25) is 5.69 Å². The predicted molar refractivity (Wildman–Crippen MR) is 47.5 cm³/mol. The van der Waals surface area contributed by atoms with Crippen molar-refractivity contribution in [3.05, 3.63) is 33.1 Å². The minimum atomic E-state index is -3.34. The fourth-order valence-corrected chi connectivity index (χ4v) is 1.17. The molecule has 0 aliphatic heterocycles. The first kappa shape index (κ1) is 12.4. The molecule has 0 radical (unpaired) electrons. The number of halogens is 2. The molecule has 1 aromatic heterocycles. The number of aromatic carboxylic acids is 1. The average molecular weight is 243 g/mol. The van der Waals surface area contributed by atoms with Gasteiger partial charge in [-0.05, 0) is 0 Å². The number of nitro groups is 1. The maximum absolute atomic E-state index is 12.6. The first-order valence-electron chi connectivity index (χ1n) is 3.99. The molecule has 1 aromatic rings. The topological polar surface area (TPSA) is 117 Å². The molecule has 88 valence electrons. The summed E-state index contributed by atoms with van der Waals surface area (Å²) < 4.78 is 25.2. The molecular formula is C8H3F2N3O4. The molecule has 0 aromatic carbocycles. The molecule has 0 unspecified atom stereocenters. The number of nitriles is 1. The highest BCUT2D eigenvalue weighted by atomic mass is 19.3. The van der Waals surface area contributed by atoms with Crippen LogP contribution in [0.1, 0.15) is 28.0 Å². The number of pyridine rings is 1. The van der Waals surface area contributed by atoms with Crippen LogP contribution in [0.4, 0.5) is 14.5 Å². The number of hydrogen-bond acceptors (Lipinski definition) is 5. The van der Waals surface area contributed by atoms with Crippen LogP contribution >= 0.6 is 0 Å². The quantitative estimate of drug-likeness (QED) is 0.634. The summed E-state index contributed by atoms with van der Waals surface area (Å²) in [5, 5.41) is 27.7. The summed E-state index contributed by atoms with van der Waals surface area (Å²) in [6.45, 7) is 0. The lowest BCUT2D eigenvalue weighted by Crippen LogP contribution is -2.10. The van der Waals surface area contributed by atoms with Crippen molar-refractivity contribution in [3.8, 4) is 6.07 Å².